The van der Waals surface area contributed by atoms with Gasteiger partial charge in [-0.2, -0.15) is 0 Å². The maximum absolute atomic E-state index is 11.6. The highest BCUT2D eigenvalue weighted by molar-refractivity contribution is 6.30. The fraction of sp³-hybridized carbons (Fsp3) is 0.462. The van der Waals surface area contributed by atoms with Crippen molar-refractivity contribution in [3.63, 3.8) is 0 Å². The third-order valence-electron chi connectivity index (χ3n) is 3.14. The molecule has 0 unspecified atom stereocenters. The molecule has 17 heavy (non-hydrogen) atoms. The fourth-order valence-corrected chi connectivity index (χ4v) is 2.37. The van der Waals surface area contributed by atoms with Crippen LogP contribution in [0.1, 0.15) is 18.4 Å². The summed E-state index contributed by atoms with van der Waals surface area (Å²) < 4.78 is 4.82. The molecule has 0 amide bonds. The predicted molar refractivity (Wildman–Crippen MR) is 66.9 cm³/mol. The summed E-state index contributed by atoms with van der Waals surface area (Å²) in [5.74, 6) is -0.128. The molecule has 0 saturated carbocycles. The number of likely N-dealkylation sites (tertiary alicyclic amines) is 1. The first kappa shape index (κ1) is 12.4. The molecule has 1 saturated heterocycles. The number of halogens is 1. The maximum Gasteiger partial charge on any atom is 0.323 e. The summed E-state index contributed by atoms with van der Waals surface area (Å²) >= 11 is 5.84. The molecule has 0 N–H and O–H groups in total. The first-order valence-electron chi connectivity index (χ1n) is 5.77. The molecular weight excluding hydrogens is 238 g/mol. The van der Waals surface area contributed by atoms with Gasteiger partial charge in [-0.1, -0.05) is 23.7 Å². The zero-order valence-corrected chi connectivity index (χ0v) is 10.6. The van der Waals surface area contributed by atoms with E-state index in [9.17, 15) is 4.79 Å². The number of carbonyl (C=O) groups is 1. The second-order valence-corrected chi connectivity index (χ2v) is 4.71. The summed E-state index contributed by atoms with van der Waals surface area (Å²) in [5.41, 5.74) is 1.17. The van der Waals surface area contributed by atoms with E-state index in [1.165, 1.54) is 12.7 Å². The minimum absolute atomic E-state index is 0.0873. The molecule has 0 aromatic heterocycles. The van der Waals surface area contributed by atoms with Crippen LogP contribution in [0.4, 0.5) is 0 Å². The molecule has 1 heterocycles. The van der Waals surface area contributed by atoms with Crippen molar-refractivity contribution in [3.05, 3.63) is 34.9 Å². The van der Waals surface area contributed by atoms with Crippen LogP contribution in [0.2, 0.25) is 5.02 Å². The first-order chi connectivity index (χ1) is 8.20. The Bertz CT molecular complexity index is 391. The molecule has 1 atom stereocenters. The topological polar surface area (TPSA) is 29.5 Å². The van der Waals surface area contributed by atoms with E-state index < -0.39 is 0 Å². The van der Waals surface area contributed by atoms with Crippen molar-refractivity contribution in [1.29, 1.82) is 0 Å². The number of esters is 1. The average molecular weight is 254 g/mol. The van der Waals surface area contributed by atoms with E-state index in [1.54, 1.807) is 0 Å². The van der Waals surface area contributed by atoms with Gasteiger partial charge in [0.1, 0.15) is 6.04 Å². The van der Waals surface area contributed by atoms with Gasteiger partial charge in [-0.05, 0) is 37.1 Å². The Morgan fingerprint density at radius 2 is 2.18 bits per heavy atom. The molecule has 4 heteroatoms. The first-order valence-corrected chi connectivity index (χ1v) is 6.15. The molecule has 0 bridgehead atoms. The summed E-state index contributed by atoms with van der Waals surface area (Å²) in [4.78, 5) is 13.7. The molecule has 0 radical (unpaired) electrons. The van der Waals surface area contributed by atoms with Crippen LogP contribution in [-0.4, -0.2) is 30.6 Å². The normalized spacial score (nSPS) is 20.5. The number of carbonyl (C=O) groups excluding carboxylic acids is 1. The minimum atomic E-state index is -0.128. The van der Waals surface area contributed by atoms with Crippen molar-refractivity contribution < 1.29 is 9.53 Å². The molecular formula is C13H16ClNO2. The van der Waals surface area contributed by atoms with Crippen LogP contribution >= 0.6 is 11.6 Å². The molecule has 0 aliphatic carbocycles. The quantitative estimate of drug-likeness (QED) is 0.775. The monoisotopic (exact) mass is 253 g/mol. The van der Waals surface area contributed by atoms with Crippen molar-refractivity contribution >= 4 is 17.6 Å². The Morgan fingerprint density at radius 1 is 1.47 bits per heavy atom. The number of nitrogens with zero attached hydrogens (tertiary/aromatic N) is 1. The molecule has 1 fully saturated rings. The zero-order chi connectivity index (χ0) is 12.3. The number of benzene rings is 1. The van der Waals surface area contributed by atoms with Gasteiger partial charge < -0.3 is 4.74 Å². The van der Waals surface area contributed by atoms with Gasteiger partial charge in [0.05, 0.1) is 7.11 Å². The van der Waals surface area contributed by atoms with Gasteiger partial charge in [-0.25, -0.2) is 0 Å². The summed E-state index contributed by atoms with van der Waals surface area (Å²) in [6, 6.07) is 7.65. The highest BCUT2D eigenvalue weighted by Crippen LogP contribution is 2.21. The van der Waals surface area contributed by atoms with E-state index in [1.807, 2.05) is 24.3 Å². The standard InChI is InChI=1S/C13H16ClNO2/c1-17-13(16)12-3-2-8-15(12)9-10-4-6-11(14)7-5-10/h4-7,12H,2-3,8-9H2,1H3/t12-/m1/s1. The van der Waals surface area contributed by atoms with E-state index in [4.69, 9.17) is 16.3 Å². The van der Waals surface area contributed by atoms with E-state index >= 15 is 0 Å². The van der Waals surface area contributed by atoms with Gasteiger partial charge in [0.2, 0.25) is 0 Å². The predicted octanol–water partition coefficient (Wildman–Crippen LogP) is 2.48. The molecule has 3 nitrogen and oxygen atoms in total. The van der Waals surface area contributed by atoms with Crippen molar-refractivity contribution in [1.82, 2.24) is 4.90 Å². The Kier molecular flexibility index (Phi) is 4.02. The minimum Gasteiger partial charge on any atom is -0.468 e. The molecule has 92 valence electrons. The molecule has 1 aromatic carbocycles. The zero-order valence-electron chi connectivity index (χ0n) is 9.86. The van der Waals surface area contributed by atoms with Crippen LogP contribution in [0.15, 0.2) is 24.3 Å². The smallest absolute Gasteiger partial charge is 0.323 e. The van der Waals surface area contributed by atoms with Crippen LogP contribution in [0.5, 0.6) is 0 Å². The van der Waals surface area contributed by atoms with E-state index in [2.05, 4.69) is 4.90 Å². The van der Waals surface area contributed by atoms with Gasteiger partial charge in [0.15, 0.2) is 0 Å². The van der Waals surface area contributed by atoms with Gasteiger partial charge in [0.25, 0.3) is 0 Å². The van der Waals surface area contributed by atoms with Crippen LogP contribution < -0.4 is 0 Å². The maximum atomic E-state index is 11.6. The SMILES string of the molecule is COC(=O)[C@H]1CCCN1Cc1ccc(Cl)cc1. The largest absolute Gasteiger partial charge is 0.468 e. The summed E-state index contributed by atoms with van der Waals surface area (Å²) in [6.07, 6.45) is 1.94. The van der Waals surface area contributed by atoms with Crippen molar-refractivity contribution in [2.45, 2.75) is 25.4 Å². The molecule has 1 aliphatic heterocycles. The van der Waals surface area contributed by atoms with Crippen LogP contribution in [0.25, 0.3) is 0 Å². The number of hydrogen-bond acceptors (Lipinski definition) is 3. The second-order valence-electron chi connectivity index (χ2n) is 4.28. The van der Waals surface area contributed by atoms with Crippen molar-refractivity contribution in [2.24, 2.45) is 0 Å². The van der Waals surface area contributed by atoms with Gasteiger partial charge in [0, 0.05) is 11.6 Å². The summed E-state index contributed by atoms with van der Waals surface area (Å²) in [5, 5.41) is 0.736. The lowest BCUT2D eigenvalue weighted by atomic mass is 10.2. The molecule has 2 rings (SSSR count). The summed E-state index contributed by atoms with van der Waals surface area (Å²) in [6.45, 7) is 1.72. The third-order valence-corrected chi connectivity index (χ3v) is 3.39. The molecule has 0 spiro atoms. The van der Waals surface area contributed by atoms with Gasteiger partial charge in [-0.3, -0.25) is 9.69 Å². The van der Waals surface area contributed by atoms with Crippen LogP contribution in [0, 0.1) is 0 Å². The number of hydrogen-bond donors (Lipinski definition) is 0. The molecule has 1 aromatic rings. The van der Waals surface area contributed by atoms with E-state index in [-0.39, 0.29) is 12.0 Å². The lowest BCUT2D eigenvalue weighted by Gasteiger charge is -2.22. The number of methoxy groups -OCH3 is 1. The van der Waals surface area contributed by atoms with E-state index in [0.29, 0.717) is 0 Å². The second kappa shape index (κ2) is 5.52. The number of ether oxygens (including phenoxy) is 1. The highest BCUT2D eigenvalue weighted by atomic mass is 35.5. The van der Waals surface area contributed by atoms with Gasteiger partial charge in [-0.15, -0.1) is 0 Å². The Labute approximate surface area is 106 Å². The molecule has 1 aliphatic rings. The Morgan fingerprint density at radius 3 is 2.82 bits per heavy atom. The van der Waals surface area contributed by atoms with Crippen LogP contribution in [-0.2, 0) is 16.1 Å². The van der Waals surface area contributed by atoms with Crippen molar-refractivity contribution in [2.75, 3.05) is 13.7 Å². The van der Waals surface area contributed by atoms with Gasteiger partial charge >= 0.3 is 5.97 Å². The Balaban J connectivity index is 2.02. The highest BCUT2D eigenvalue weighted by Gasteiger charge is 2.31. The van der Waals surface area contributed by atoms with E-state index in [0.717, 1.165) is 31.0 Å². The summed E-state index contributed by atoms with van der Waals surface area (Å²) in [7, 11) is 1.45. The lowest BCUT2D eigenvalue weighted by molar-refractivity contribution is -0.146. The third kappa shape index (κ3) is 2.99. The Hall–Kier alpha value is -1.06. The van der Waals surface area contributed by atoms with Crippen molar-refractivity contribution in [3.8, 4) is 0 Å². The fourth-order valence-electron chi connectivity index (χ4n) is 2.24. The van der Waals surface area contributed by atoms with Crippen LogP contribution in [0.3, 0.4) is 0 Å². The lowest BCUT2D eigenvalue weighted by Crippen LogP contribution is -2.36. The number of rotatable bonds is 3. The average Bonchev–Trinajstić information content (AvgIpc) is 2.79.